The van der Waals surface area contributed by atoms with Crippen LogP contribution < -0.4 is 10.1 Å². The van der Waals surface area contributed by atoms with E-state index < -0.39 is 4.92 Å². The molecule has 0 atom stereocenters. The average Bonchev–Trinajstić information content (AvgIpc) is 2.34. The first-order valence-electron chi connectivity index (χ1n) is 5.90. The van der Waals surface area contributed by atoms with E-state index >= 15 is 0 Å². The van der Waals surface area contributed by atoms with Gasteiger partial charge in [-0.25, -0.2) is 0 Å². The minimum absolute atomic E-state index is 0.0770. The molecular formula is C12H15ClN2O3. The van der Waals surface area contributed by atoms with Gasteiger partial charge in [-0.15, -0.1) is 0 Å². The van der Waals surface area contributed by atoms with Crippen LogP contribution in [0.4, 0.5) is 5.69 Å². The molecule has 6 heteroatoms. The van der Waals surface area contributed by atoms with Gasteiger partial charge in [-0.05, 0) is 38.4 Å². The summed E-state index contributed by atoms with van der Waals surface area (Å²) >= 11 is 5.88. The normalized spacial score (nSPS) is 16.6. The molecule has 0 aromatic heterocycles. The third-order valence-electron chi connectivity index (χ3n) is 3.02. The van der Waals surface area contributed by atoms with Crippen molar-refractivity contribution in [2.24, 2.45) is 0 Å². The summed E-state index contributed by atoms with van der Waals surface area (Å²) in [7, 11) is 0. The van der Waals surface area contributed by atoms with Gasteiger partial charge in [-0.1, -0.05) is 11.6 Å². The fourth-order valence-corrected chi connectivity index (χ4v) is 2.23. The van der Waals surface area contributed by atoms with E-state index in [9.17, 15) is 10.1 Å². The first-order chi connectivity index (χ1) is 8.58. The van der Waals surface area contributed by atoms with E-state index in [2.05, 4.69) is 5.32 Å². The zero-order chi connectivity index (χ0) is 13.1. The molecule has 1 fully saturated rings. The van der Waals surface area contributed by atoms with Gasteiger partial charge in [0, 0.05) is 12.1 Å². The highest BCUT2D eigenvalue weighted by Crippen LogP contribution is 2.32. The lowest BCUT2D eigenvalue weighted by atomic mass is 10.1. The highest BCUT2D eigenvalue weighted by molar-refractivity contribution is 6.32. The van der Waals surface area contributed by atoms with Crippen LogP contribution in [0, 0.1) is 17.0 Å². The van der Waals surface area contributed by atoms with Crippen molar-refractivity contribution in [2.45, 2.75) is 25.9 Å². The average molecular weight is 271 g/mol. The molecule has 0 saturated carbocycles. The lowest BCUT2D eigenvalue weighted by Crippen LogP contribution is -2.34. The van der Waals surface area contributed by atoms with Crippen molar-refractivity contribution in [2.75, 3.05) is 13.1 Å². The Balaban J connectivity index is 2.18. The van der Waals surface area contributed by atoms with Crippen LogP contribution in [-0.4, -0.2) is 24.1 Å². The maximum absolute atomic E-state index is 10.7. The molecule has 1 aliphatic heterocycles. The summed E-state index contributed by atoms with van der Waals surface area (Å²) in [6, 6.07) is 3.00. The maximum atomic E-state index is 10.7. The van der Waals surface area contributed by atoms with Crippen molar-refractivity contribution in [3.63, 3.8) is 0 Å². The zero-order valence-corrected chi connectivity index (χ0v) is 10.9. The summed E-state index contributed by atoms with van der Waals surface area (Å²) in [6.45, 7) is 3.66. The number of aryl methyl sites for hydroxylation is 1. The molecule has 1 aromatic rings. The Hall–Kier alpha value is -1.33. The Kier molecular flexibility index (Phi) is 4.04. The van der Waals surface area contributed by atoms with Gasteiger partial charge >= 0.3 is 0 Å². The number of nitro groups is 1. The molecule has 2 rings (SSSR count). The quantitative estimate of drug-likeness (QED) is 0.677. The van der Waals surface area contributed by atoms with E-state index in [1.165, 1.54) is 12.1 Å². The number of benzene rings is 1. The standard InChI is InChI=1S/C12H15ClN2O3/c1-8-6-11(15(16)17)10(13)7-12(8)18-9-2-4-14-5-3-9/h6-7,9,14H,2-5H2,1H3. The summed E-state index contributed by atoms with van der Waals surface area (Å²) in [6.07, 6.45) is 2.03. The monoisotopic (exact) mass is 270 g/mol. The van der Waals surface area contributed by atoms with Gasteiger partial charge in [-0.3, -0.25) is 10.1 Å². The Morgan fingerprint density at radius 1 is 1.44 bits per heavy atom. The second-order valence-corrected chi connectivity index (χ2v) is 4.80. The summed E-state index contributed by atoms with van der Waals surface area (Å²) in [4.78, 5) is 10.3. The fourth-order valence-electron chi connectivity index (χ4n) is 2.01. The third kappa shape index (κ3) is 2.91. The molecule has 0 bridgehead atoms. The first-order valence-corrected chi connectivity index (χ1v) is 6.27. The predicted octanol–water partition coefficient (Wildman–Crippen LogP) is 2.69. The largest absolute Gasteiger partial charge is 0.490 e. The minimum atomic E-state index is -0.482. The second-order valence-electron chi connectivity index (χ2n) is 4.39. The SMILES string of the molecule is Cc1cc([N+](=O)[O-])c(Cl)cc1OC1CCNCC1. The van der Waals surface area contributed by atoms with Crippen molar-refractivity contribution in [3.8, 4) is 5.75 Å². The van der Waals surface area contributed by atoms with Crippen LogP contribution >= 0.6 is 11.6 Å². The van der Waals surface area contributed by atoms with Gasteiger partial charge in [0.1, 0.15) is 16.9 Å². The predicted molar refractivity (Wildman–Crippen MR) is 69.4 cm³/mol. The summed E-state index contributed by atoms with van der Waals surface area (Å²) in [5.41, 5.74) is 0.663. The highest BCUT2D eigenvalue weighted by Gasteiger charge is 2.19. The number of piperidine rings is 1. The Bertz CT molecular complexity index is 459. The highest BCUT2D eigenvalue weighted by atomic mass is 35.5. The van der Waals surface area contributed by atoms with Gasteiger partial charge in [0.25, 0.3) is 5.69 Å². The van der Waals surface area contributed by atoms with Crippen LogP contribution in [0.25, 0.3) is 0 Å². The van der Waals surface area contributed by atoms with Crippen LogP contribution in [0.1, 0.15) is 18.4 Å². The van der Waals surface area contributed by atoms with Crippen LogP contribution in [0.2, 0.25) is 5.02 Å². The topological polar surface area (TPSA) is 64.4 Å². The molecule has 0 radical (unpaired) electrons. The first kappa shape index (κ1) is 13.1. The van der Waals surface area contributed by atoms with Gasteiger partial charge in [-0.2, -0.15) is 0 Å². The van der Waals surface area contributed by atoms with E-state index in [4.69, 9.17) is 16.3 Å². The Morgan fingerprint density at radius 2 is 2.11 bits per heavy atom. The molecule has 98 valence electrons. The molecule has 18 heavy (non-hydrogen) atoms. The molecule has 1 N–H and O–H groups in total. The van der Waals surface area contributed by atoms with E-state index in [1.54, 1.807) is 6.92 Å². The van der Waals surface area contributed by atoms with Crippen LogP contribution in [0.5, 0.6) is 5.75 Å². The third-order valence-corrected chi connectivity index (χ3v) is 3.32. The number of rotatable bonds is 3. The summed E-state index contributed by atoms with van der Waals surface area (Å²) < 4.78 is 5.85. The molecule has 5 nitrogen and oxygen atoms in total. The molecule has 1 aliphatic rings. The number of ether oxygens (including phenoxy) is 1. The van der Waals surface area contributed by atoms with Crippen molar-refractivity contribution in [1.29, 1.82) is 0 Å². The smallest absolute Gasteiger partial charge is 0.288 e. The van der Waals surface area contributed by atoms with Crippen LogP contribution in [-0.2, 0) is 0 Å². The van der Waals surface area contributed by atoms with Gasteiger partial charge < -0.3 is 10.1 Å². The van der Waals surface area contributed by atoms with Gasteiger partial charge in [0.15, 0.2) is 0 Å². The number of nitrogens with zero attached hydrogens (tertiary/aromatic N) is 1. The molecule has 1 heterocycles. The van der Waals surface area contributed by atoms with Crippen LogP contribution in [0.3, 0.4) is 0 Å². The fraction of sp³-hybridized carbons (Fsp3) is 0.500. The number of hydrogen-bond acceptors (Lipinski definition) is 4. The van der Waals surface area contributed by atoms with Crippen molar-refractivity contribution < 1.29 is 9.66 Å². The number of nitrogens with one attached hydrogen (secondary N) is 1. The van der Waals surface area contributed by atoms with Crippen molar-refractivity contribution in [1.82, 2.24) is 5.32 Å². The van der Waals surface area contributed by atoms with Gasteiger partial charge in [0.2, 0.25) is 0 Å². The molecular weight excluding hydrogens is 256 g/mol. The van der Waals surface area contributed by atoms with E-state index in [0.29, 0.717) is 5.75 Å². The van der Waals surface area contributed by atoms with Crippen LogP contribution in [0.15, 0.2) is 12.1 Å². The van der Waals surface area contributed by atoms with E-state index in [0.717, 1.165) is 31.5 Å². The molecule has 1 aromatic carbocycles. The zero-order valence-electron chi connectivity index (χ0n) is 10.1. The Labute approximate surface area is 110 Å². The van der Waals surface area contributed by atoms with Gasteiger partial charge in [0.05, 0.1) is 4.92 Å². The van der Waals surface area contributed by atoms with E-state index in [1.807, 2.05) is 0 Å². The molecule has 0 unspecified atom stereocenters. The summed E-state index contributed by atoms with van der Waals surface area (Å²) in [5, 5.41) is 14.1. The van der Waals surface area contributed by atoms with Crippen molar-refractivity contribution in [3.05, 3.63) is 32.8 Å². The maximum Gasteiger partial charge on any atom is 0.288 e. The lowest BCUT2D eigenvalue weighted by molar-refractivity contribution is -0.384. The summed E-state index contributed by atoms with van der Waals surface area (Å²) in [5.74, 6) is 0.637. The number of halogens is 1. The lowest BCUT2D eigenvalue weighted by Gasteiger charge is -2.24. The number of nitro benzene ring substituents is 1. The minimum Gasteiger partial charge on any atom is -0.490 e. The molecule has 1 saturated heterocycles. The number of hydrogen-bond donors (Lipinski definition) is 1. The second kappa shape index (κ2) is 5.54. The van der Waals surface area contributed by atoms with E-state index in [-0.39, 0.29) is 16.8 Å². The molecule has 0 amide bonds. The molecule has 0 spiro atoms. The molecule has 0 aliphatic carbocycles. The Morgan fingerprint density at radius 3 is 2.72 bits per heavy atom. The van der Waals surface area contributed by atoms with Crippen molar-refractivity contribution >= 4 is 17.3 Å².